The highest BCUT2D eigenvalue weighted by Gasteiger charge is 2.54. The molecule has 3 rings (SSSR count). The number of amides is 1. The van der Waals surface area contributed by atoms with Gasteiger partial charge in [0.25, 0.3) is 5.91 Å². The van der Waals surface area contributed by atoms with Gasteiger partial charge in [-0.05, 0) is 44.0 Å². The number of rotatable bonds is 5. The minimum atomic E-state index is -1.49. The van der Waals surface area contributed by atoms with Crippen molar-refractivity contribution in [1.82, 2.24) is 4.90 Å². The molecule has 1 aliphatic rings. The second-order valence-corrected chi connectivity index (χ2v) is 7.61. The Hall–Kier alpha value is -1.81. The van der Waals surface area contributed by atoms with Crippen LogP contribution in [0, 0.1) is 0 Å². The largest absolute Gasteiger partial charge is 0.366 e. The summed E-state index contributed by atoms with van der Waals surface area (Å²) in [7, 11) is 0. The average Bonchev–Trinajstić information content (AvgIpc) is 2.84. The lowest BCUT2D eigenvalue weighted by Crippen LogP contribution is -2.51. The average molecular weight is 390 g/mol. The van der Waals surface area contributed by atoms with Crippen LogP contribution in [-0.2, 0) is 5.72 Å². The number of fused-ring (bicyclic) bond motifs is 1. The van der Waals surface area contributed by atoms with E-state index in [9.17, 15) is 9.90 Å². The van der Waals surface area contributed by atoms with Crippen molar-refractivity contribution < 1.29 is 9.90 Å². The highest BCUT2D eigenvalue weighted by atomic mass is 35.5. The fraction of sp³-hybridized carbons (Fsp3) is 0.286. The summed E-state index contributed by atoms with van der Waals surface area (Å²) in [5.41, 5.74) is 0.444. The normalized spacial score (nSPS) is 20.4. The zero-order valence-electron chi connectivity index (χ0n) is 14.7. The lowest BCUT2D eigenvalue weighted by molar-refractivity contribution is -0.117. The van der Waals surface area contributed by atoms with Crippen LogP contribution in [-0.4, -0.2) is 22.0 Å². The summed E-state index contributed by atoms with van der Waals surface area (Å²) in [6.07, 6.45) is 2.22. The number of benzene rings is 2. The highest BCUT2D eigenvalue weighted by Crippen LogP contribution is 2.49. The Kier molecular flexibility index (Phi) is 5.16. The van der Waals surface area contributed by atoms with Gasteiger partial charge >= 0.3 is 0 Å². The van der Waals surface area contributed by atoms with Crippen LogP contribution in [0.3, 0.4) is 0 Å². The molecular formula is C21H21Cl2NO2. The van der Waals surface area contributed by atoms with Crippen LogP contribution < -0.4 is 0 Å². The summed E-state index contributed by atoms with van der Waals surface area (Å²) in [5.74, 6) is -0.600. The van der Waals surface area contributed by atoms with Crippen LogP contribution in [0.4, 0.5) is 0 Å². The summed E-state index contributed by atoms with van der Waals surface area (Å²) < 4.78 is 0. The van der Waals surface area contributed by atoms with Crippen molar-refractivity contribution in [3.63, 3.8) is 0 Å². The first-order chi connectivity index (χ1) is 12.3. The van der Waals surface area contributed by atoms with Gasteiger partial charge in [-0.1, -0.05) is 53.5 Å². The van der Waals surface area contributed by atoms with Crippen molar-refractivity contribution in [2.75, 3.05) is 0 Å². The number of hydrogen-bond acceptors (Lipinski definition) is 2. The standard InChI is InChI=1S/C21H21Cl2NO2/c1-4-7-16(14-10-11-18(22)19(23)12-14)21(26)17-9-6-5-8-15(17)20(25)24(21)13(2)3/h4-6,8-13,16,26H,1,7H2,2-3H3. The Bertz CT molecular complexity index is 865. The van der Waals surface area contributed by atoms with Crippen molar-refractivity contribution in [2.45, 2.75) is 38.0 Å². The molecule has 5 heteroatoms. The zero-order chi connectivity index (χ0) is 19.1. The molecule has 0 saturated heterocycles. The minimum absolute atomic E-state index is 0.174. The quantitative estimate of drug-likeness (QED) is 0.698. The summed E-state index contributed by atoms with van der Waals surface area (Å²) in [6, 6.07) is 12.3. The number of carbonyl (C=O) groups excluding carboxylic acids is 1. The van der Waals surface area contributed by atoms with E-state index in [2.05, 4.69) is 6.58 Å². The molecule has 2 atom stereocenters. The molecule has 0 saturated carbocycles. The lowest BCUT2D eigenvalue weighted by Gasteiger charge is -2.43. The van der Waals surface area contributed by atoms with Gasteiger partial charge in [0, 0.05) is 23.1 Å². The molecule has 0 spiro atoms. The van der Waals surface area contributed by atoms with Gasteiger partial charge in [0.1, 0.15) is 0 Å². The lowest BCUT2D eigenvalue weighted by atomic mass is 9.81. The Balaban J connectivity index is 2.24. The maximum Gasteiger partial charge on any atom is 0.257 e. The second kappa shape index (κ2) is 7.07. The van der Waals surface area contributed by atoms with E-state index in [-0.39, 0.29) is 11.9 Å². The van der Waals surface area contributed by atoms with Gasteiger partial charge in [0.05, 0.1) is 10.0 Å². The topological polar surface area (TPSA) is 40.5 Å². The molecule has 1 amide bonds. The third-order valence-corrected chi connectivity index (χ3v) is 5.63. The van der Waals surface area contributed by atoms with Crippen LogP contribution in [0.15, 0.2) is 55.1 Å². The molecule has 3 nitrogen and oxygen atoms in total. The van der Waals surface area contributed by atoms with E-state index in [1.807, 2.05) is 38.1 Å². The first-order valence-electron chi connectivity index (χ1n) is 8.53. The van der Waals surface area contributed by atoms with Gasteiger partial charge in [0.15, 0.2) is 5.72 Å². The van der Waals surface area contributed by atoms with Crippen molar-refractivity contribution in [3.8, 4) is 0 Å². The van der Waals surface area contributed by atoms with Gasteiger partial charge in [-0.25, -0.2) is 0 Å². The van der Waals surface area contributed by atoms with Gasteiger partial charge in [-0.15, -0.1) is 6.58 Å². The van der Waals surface area contributed by atoms with Crippen molar-refractivity contribution in [1.29, 1.82) is 0 Å². The number of hydrogen-bond donors (Lipinski definition) is 1. The molecule has 2 unspecified atom stereocenters. The van der Waals surface area contributed by atoms with Gasteiger partial charge in [-0.2, -0.15) is 0 Å². The highest BCUT2D eigenvalue weighted by molar-refractivity contribution is 6.42. The molecular weight excluding hydrogens is 369 g/mol. The molecule has 0 radical (unpaired) electrons. The molecule has 26 heavy (non-hydrogen) atoms. The first-order valence-corrected chi connectivity index (χ1v) is 9.29. The molecule has 136 valence electrons. The predicted molar refractivity (Wildman–Crippen MR) is 106 cm³/mol. The first kappa shape index (κ1) is 19.0. The van der Waals surface area contributed by atoms with Crippen molar-refractivity contribution in [2.24, 2.45) is 0 Å². The minimum Gasteiger partial charge on any atom is -0.366 e. The van der Waals surface area contributed by atoms with E-state index in [1.54, 1.807) is 29.2 Å². The predicted octanol–water partition coefficient (Wildman–Crippen LogP) is 5.36. The van der Waals surface area contributed by atoms with Crippen LogP contribution in [0.5, 0.6) is 0 Å². The van der Waals surface area contributed by atoms with E-state index in [1.165, 1.54) is 0 Å². The molecule has 2 aromatic carbocycles. The van der Waals surface area contributed by atoms with Crippen molar-refractivity contribution in [3.05, 3.63) is 81.9 Å². The maximum absolute atomic E-state index is 13.0. The summed E-state index contributed by atoms with van der Waals surface area (Å²) in [6.45, 7) is 7.63. The van der Waals surface area contributed by atoms with E-state index < -0.39 is 11.6 Å². The van der Waals surface area contributed by atoms with Crippen LogP contribution >= 0.6 is 23.2 Å². The molecule has 0 aromatic heterocycles. The molecule has 1 aliphatic heterocycles. The second-order valence-electron chi connectivity index (χ2n) is 6.79. The zero-order valence-corrected chi connectivity index (χ0v) is 16.3. The number of nitrogens with zero attached hydrogens (tertiary/aromatic N) is 1. The van der Waals surface area contributed by atoms with Crippen LogP contribution in [0.2, 0.25) is 10.0 Å². The van der Waals surface area contributed by atoms with E-state index in [0.29, 0.717) is 27.6 Å². The molecule has 0 aliphatic carbocycles. The summed E-state index contributed by atoms with van der Waals surface area (Å²) in [5, 5.41) is 12.8. The van der Waals surface area contributed by atoms with Gasteiger partial charge in [-0.3, -0.25) is 4.79 Å². The maximum atomic E-state index is 13.0. The van der Waals surface area contributed by atoms with Crippen LogP contribution in [0.1, 0.15) is 47.7 Å². The van der Waals surface area contributed by atoms with Crippen LogP contribution in [0.25, 0.3) is 0 Å². The number of carbonyl (C=O) groups is 1. The molecule has 1 heterocycles. The number of halogens is 2. The van der Waals surface area contributed by atoms with E-state index >= 15 is 0 Å². The smallest absolute Gasteiger partial charge is 0.257 e. The summed E-state index contributed by atoms with van der Waals surface area (Å²) >= 11 is 12.3. The fourth-order valence-electron chi connectivity index (χ4n) is 3.82. The van der Waals surface area contributed by atoms with E-state index in [4.69, 9.17) is 23.2 Å². The third-order valence-electron chi connectivity index (χ3n) is 4.89. The molecule has 0 fully saturated rings. The number of allylic oxidation sites excluding steroid dienone is 1. The molecule has 0 bridgehead atoms. The van der Waals surface area contributed by atoms with Crippen molar-refractivity contribution >= 4 is 29.1 Å². The van der Waals surface area contributed by atoms with Gasteiger partial charge < -0.3 is 10.0 Å². The van der Waals surface area contributed by atoms with E-state index in [0.717, 1.165) is 5.56 Å². The fourth-order valence-corrected chi connectivity index (χ4v) is 4.12. The Morgan fingerprint density at radius 1 is 1.19 bits per heavy atom. The van der Waals surface area contributed by atoms with Gasteiger partial charge in [0.2, 0.25) is 0 Å². The Morgan fingerprint density at radius 2 is 1.88 bits per heavy atom. The third kappa shape index (κ3) is 2.84. The molecule has 1 N–H and O–H groups in total. The SMILES string of the molecule is C=CCC(c1ccc(Cl)c(Cl)c1)C1(O)c2ccccc2C(=O)N1C(C)C. The monoisotopic (exact) mass is 389 g/mol. The Morgan fingerprint density at radius 3 is 2.50 bits per heavy atom. The molecule has 2 aromatic rings. The number of aliphatic hydroxyl groups is 1. The summed E-state index contributed by atoms with van der Waals surface area (Å²) in [4.78, 5) is 14.6. The Labute approximate surface area is 163 Å².